The molecule has 6 heteroatoms. The normalized spacial score (nSPS) is 11.6. The summed E-state index contributed by atoms with van der Waals surface area (Å²) in [6.07, 6.45) is -1.01. The Morgan fingerprint density at radius 1 is 0.935 bits per heavy atom. The van der Waals surface area contributed by atoms with Crippen LogP contribution in [0, 0.1) is 13.8 Å². The molecule has 1 N–H and O–H groups in total. The number of aromatic nitrogens is 1. The summed E-state index contributed by atoms with van der Waals surface area (Å²) in [5.74, 6) is -0.645. The van der Waals surface area contributed by atoms with Gasteiger partial charge in [-0.05, 0) is 56.5 Å². The van der Waals surface area contributed by atoms with E-state index in [-0.39, 0.29) is 18.1 Å². The molecule has 0 spiro atoms. The Kier molecular flexibility index (Phi) is 6.70. The maximum atomic E-state index is 12.7. The zero-order valence-electron chi connectivity index (χ0n) is 18.0. The first-order valence-electron chi connectivity index (χ1n) is 10.00. The van der Waals surface area contributed by atoms with Gasteiger partial charge in [0, 0.05) is 11.3 Å². The average molecular weight is 419 g/mol. The molecule has 0 saturated carbocycles. The summed E-state index contributed by atoms with van der Waals surface area (Å²) in [6, 6.07) is 17.3. The molecular formula is C25H25NO5. The fourth-order valence-electron chi connectivity index (χ4n) is 3.53. The number of ketones is 2. The molecule has 6 nitrogen and oxygen atoms in total. The molecule has 0 fully saturated rings. The molecule has 1 atom stereocenters. The standard InChI is InChI=1S/C25H25NO5/c1-15-23(17(3)27)16(2)26-24(15)25(29)18(4)31-22(28)14-30-21-12-10-20(11-13-21)19-8-6-5-7-9-19/h5-13,18,26H,14H2,1-4H3/t18-/m0/s1. The number of esters is 1. The number of hydrogen-bond acceptors (Lipinski definition) is 5. The Bertz CT molecular complexity index is 1100. The lowest BCUT2D eigenvalue weighted by atomic mass is 10.0. The van der Waals surface area contributed by atoms with Crippen LogP contribution < -0.4 is 4.74 Å². The Morgan fingerprint density at radius 3 is 2.13 bits per heavy atom. The predicted octanol–water partition coefficient (Wildman–Crippen LogP) is 4.69. The van der Waals surface area contributed by atoms with E-state index in [1.54, 1.807) is 26.0 Å². The fraction of sp³-hybridized carbons (Fsp3) is 0.240. The number of Topliss-reactive ketones (excluding diaryl/α,β-unsaturated/α-hetero) is 2. The van der Waals surface area contributed by atoms with Crippen molar-refractivity contribution in [3.8, 4) is 16.9 Å². The Balaban J connectivity index is 1.56. The minimum Gasteiger partial charge on any atom is -0.482 e. The number of nitrogens with one attached hydrogen (secondary N) is 1. The molecule has 3 aromatic rings. The van der Waals surface area contributed by atoms with Gasteiger partial charge in [0.1, 0.15) is 5.75 Å². The maximum absolute atomic E-state index is 12.7. The molecule has 0 aliphatic rings. The first-order valence-corrected chi connectivity index (χ1v) is 10.00. The molecule has 31 heavy (non-hydrogen) atoms. The van der Waals surface area contributed by atoms with Crippen LogP contribution in [0.1, 0.15) is 46.0 Å². The molecule has 0 unspecified atom stereocenters. The fourth-order valence-corrected chi connectivity index (χ4v) is 3.53. The van der Waals surface area contributed by atoms with Gasteiger partial charge in [0.25, 0.3) is 0 Å². The minimum atomic E-state index is -1.01. The van der Waals surface area contributed by atoms with Gasteiger partial charge < -0.3 is 14.5 Å². The van der Waals surface area contributed by atoms with Crippen molar-refractivity contribution in [3.63, 3.8) is 0 Å². The second-order valence-corrected chi connectivity index (χ2v) is 7.36. The largest absolute Gasteiger partial charge is 0.482 e. The molecule has 0 saturated heterocycles. The lowest BCUT2D eigenvalue weighted by Crippen LogP contribution is -2.28. The highest BCUT2D eigenvalue weighted by atomic mass is 16.6. The Morgan fingerprint density at radius 2 is 1.55 bits per heavy atom. The third-order valence-electron chi connectivity index (χ3n) is 5.03. The number of ether oxygens (including phenoxy) is 2. The smallest absolute Gasteiger partial charge is 0.344 e. The van der Waals surface area contributed by atoms with Crippen molar-refractivity contribution in [2.45, 2.75) is 33.8 Å². The van der Waals surface area contributed by atoms with E-state index in [0.29, 0.717) is 22.6 Å². The van der Waals surface area contributed by atoms with Crippen molar-refractivity contribution in [2.75, 3.05) is 6.61 Å². The molecule has 3 rings (SSSR count). The number of H-pyrrole nitrogens is 1. The summed E-state index contributed by atoms with van der Waals surface area (Å²) in [5.41, 5.74) is 4.08. The maximum Gasteiger partial charge on any atom is 0.344 e. The average Bonchev–Trinajstić information content (AvgIpc) is 3.06. The van der Waals surface area contributed by atoms with Gasteiger partial charge in [-0.15, -0.1) is 0 Å². The zero-order chi connectivity index (χ0) is 22.5. The van der Waals surface area contributed by atoms with Crippen LogP contribution in [0.2, 0.25) is 0 Å². The van der Waals surface area contributed by atoms with Crippen molar-refractivity contribution in [2.24, 2.45) is 0 Å². The minimum absolute atomic E-state index is 0.123. The second-order valence-electron chi connectivity index (χ2n) is 7.36. The van der Waals surface area contributed by atoms with Gasteiger partial charge in [-0.2, -0.15) is 0 Å². The van der Waals surface area contributed by atoms with Crippen molar-refractivity contribution in [1.82, 2.24) is 4.98 Å². The van der Waals surface area contributed by atoms with Crippen LogP contribution in [-0.4, -0.2) is 35.2 Å². The summed E-state index contributed by atoms with van der Waals surface area (Å²) < 4.78 is 10.7. The Labute approximate surface area is 181 Å². The van der Waals surface area contributed by atoms with Crippen LogP contribution in [0.5, 0.6) is 5.75 Å². The second kappa shape index (κ2) is 9.43. The van der Waals surface area contributed by atoms with E-state index in [9.17, 15) is 14.4 Å². The van der Waals surface area contributed by atoms with Crippen LogP contribution in [0.25, 0.3) is 11.1 Å². The molecular weight excluding hydrogens is 394 g/mol. The summed E-state index contributed by atoms with van der Waals surface area (Å²) in [7, 11) is 0. The number of rotatable bonds is 8. The van der Waals surface area contributed by atoms with Crippen LogP contribution >= 0.6 is 0 Å². The predicted molar refractivity (Wildman–Crippen MR) is 118 cm³/mol. The molecule has 0 aliphatic carbocycles. The first kappa shape index (κ1) is 22.0. The third-order valence-corrected chi connectivity index (χ3v) is 5.03. The zero-order valence-corrected chi connectivity index (χ0v) is 18.0. The van der Waals surface area contributed by atoms with E-state index in [0.717, 1.165) is 11.1 Å². The summed E-state index contributed by atoms with van der Waals surface area (Å²) >= 11 is 0. The number of carbonyl (C=O) groups excluding carboxylic acids is 3. The van der Waals surface area contributed by atoms with Gasteiger partial charge in [-0.1, -0.05) is 42.5 Å². The van der Waals surface area contributed by atoms with Crippen LogP contribution in [0.15, 0.2) is 54.6 Å². The van der Waals surface area contributed by atoms with Crippen molar-refractivity contribution in [1.29, 1.82) is 0 Å². The van der Waals surface area contributed by atoms with E-state index >= 15 is 0 Å². The highest BCUT2D eigenvalue weighted by Gasteiger charge is 2.26. The number of hydrogen-bond donors (Lipinski definition) is 1. The molecule has 0 amide bonds. The highest BCUT2D eigenvalue weighted by molar-refractivity contribution is 6.05. The first-order chi connectivity index (χ1) is 14.8. The number of benzene rings is 2. The molecule has 0 bridgehead atoms. The van der Waals surface area contributed by atoms with Crippen molar-refractivity contribution >= 4 is 17.5 Å². The topological polar surface area (TPSA) is 85.5 Å². The summed E-state index contributed by atoms with van der Waals surface area (Å²) in [4.78, 5) is 39.5. The van der Waals surface area contributed by atoms with Crippen LogP contribution in [-0.2, 0) is 9.53 Å². The molecule has 0 radical (unpaired) electrons. The number of carbonyl (C=O) groups is 3. The van der Waals surface area contributed by atoms with Crippen LogP contribution in [0.4, 0.5) is 0 Å². The van der Waals surface area contributed by atoms with E-state index in [2.05, 4.69) is 4.98 Å². The van der Waals surface area contributed by atoms with Gasteiger partial charge in [0.15, 0.2) is 18.5 Å². The van der Waals surface area contributed by atoms with Crippen molar-refractivity contribution < 1.29 is 23.9 Å². The number of aryl methyl sites for hydroxylation is 1. The quantitative estimate of drug-likeness (QED) is 0.423. The van der Waals surface area contributed by atoms with Crippen molar-refractivity contribution in [3.05, 3.63) is 77.1 Å². The number of aromatic amines is 1. The molecule has 0 aliphatic heterocycles. The van der Waals surface area contributed by atoms with Gasteiger partial charge >= 0.3 is 5.97 Å². The van der Waals surface area contributed by atoms with E-state index < -0.39 is 17.9 Å². The summed E-state index contributed by atoms with van der Waals surface area (Å²) in [6.45, 7) is 6.06. The van der Waals surface area contributed by atoms with Crippen LogP contribution in [0.3, 0.4) is 0 Å². The lowest BCUT2D eigenvalue weighted by molar-refractivity contribution is -0.148. The van der Waals surface area contributed by atoms with E-state index in [1.807, 2.05) is 42.5 Å². The lowest BCUT2D eigenvalue weighted by Gasteiger charge is -2.13. The van der Waals surface area contributed by atoms with Gasteiger partial charge in [-0.25, -0.2) is 4.79 Å². The van der Waals surface area contributed by atoms with E-state index in [4.69, 9.17) is 9.47 Å². The molecule has 1 aromatic heterocycles. The molecule has 2 aromatic carbocycles. The monoisotopic (exact) mass is 419 g/mol. The third kappa shape index (κ3) is 5.09. The van der Waals surface area contributed by atoms with Gasteiger partial charge in [0.2, 0.25) is 5.78 Å². The van der Waals surface area contributed by atoms with Gasteiger partial charge in [0.05, 0.1) is 5.69 Å². The summed E-state index contributed by atoms with van der Waals surface area (Å²) in [5, 5.41) is 0. The highest BCUT2D eigenvalue weighted by Crippen LogP contribution is 2.23. The molecule has 1 heterocycles. The van der Waals surface area contributed by atoms with Gasteiger partial charge in [-0.3, -0.25) is 9.59 Å². The molecule has 160 valence electrons. The van der Waals surface area contributed by atoms with E-state index in [1.165, 1.54) is 13.8 Å². The SMILES string of the molecule is CC(=O)c1c(C)[nH]c(C(=O)[C@H](C)OC(=O)COc2ccc(-c3ccccc3)cc2)c1C. The Hall–Kier alpha value is -3.67.